The number of ether oxygens (including phenoxy) is 2. The number of benzene rings is 1. The number of rotatable bonds is 7. The first-order valence-electron chi connectivity index (χ1n) is 5.89. The average molecular weight is 318 g/mol. The third-order valence-corrected chi connectivity index (χ3v) is 3.43. The van der Waals surface area contributed by atoms with E-state index in [-0.39, 0.29) is 6.61 Å². The minimum atomic E-state index is 0.157. The van der Waals surface area contributed by atoms with Gasteiger partial charge in [-0.25, -0.2) is 0 Å². The van der Waals surface area contributed by atoms with Gasteiger partial charge < -0.3 is 14.6 Å². The van der Waals surface area contributed by atoms with E-state index in [1.54, 1.807) is 14.2 Å². The number of likely N-dealkylation sites (N-methyl/N-ethyl adjacent to an activating group) is 1. The van der Waals surface area contributed by atoms with Gasteiger partial charge in [-0.3, -0.25) is 4.90 Å². The van der Waals surface area contributed by atoms with E-state index in [1.807, 2.05) is 12.1 Å². The molecule has 1 aromatic carbocycles. The van der Waals surface area contributed by atoms with E-state index in [0.717, 1.165) is 34.6 Å². The molecule has 0 amide bonds. The summed E-state index contributed by atoms with van der Waals surface area (Å²) in [5.74, 6) is 1.60. The topological polar surface area (TPSA) is 41.9 Å². The zero-order valence-corrected chi connectivity index (χ0v) is 12.7. The highest BCUT2D eigenvalue weighted by Crippen LogP contribution is 2.33. The summed E-state index contributed by atoms with van der Waals surface area (Å²) in [5, 5.41) is 9.01. The van der Waals surface area contributed by atoms with Gasteiger partial charge in [-0.15, -0.1) is 0 Å². The second-order valence-corrected chi connectivity index (χ2v) is 4.75. The lowest BCUT2D eigenvalue weighted by Crippen LogP contribution is -2.26. The zero-order chi connectivity index (χ0) is 13.5. The lowest BCUT2D eigenvalue weighted by atomic mass is 10.1. The smallest absolute Gasteiger partial charge is 0.133 e. The highest BCUT2D eigenvalue weighted by atomic mass is 79.9. The van der Waals surface area contributed by atoms with Crippen molar-refractivity contribution < 1.29 is 14.6 Å². The van der Waals surface area contributed by atoms with Gasteiger partial charge in [-0.1, -0.05) is 6.92 Å². The van der Waals surface area contributed by atoms with Gasteiger partial charge in [0.25, 0.3) is 0 Å². The summed E-state index contributed by atoms with van der Waals surface area (Å²) in [7, 11) is 3.29. The molecule has 0 aromatic heterocycles. The number of methoxy groups -OCH3 is 2. The van der Waals surface area contributed by atoms with Crippen molar-refractivity contribution in [3.8, 4) is 11.5 Å². The normalized spacial score (nSPS) is 10.8. The van der Waals surface area contributed by atoms with Crippen molar-refractivity contribution >= 4 is 15.9 Å². The van der Waals surface area contributed by atoms with Crippen molar-refractivity contribution in [3.63, 3.8) is 0 Å². The molecule has 18 heavy (non-hydrogen) atoms. The summed E-state index contributed by atoms with van der Waals surface area (Å²) in [6, 6.07) is 3.86. The highest BCUT2D eigenvalue weighted by molar-refractivity contribution is 9.10. The number of nitrogens with zero attached hydrogens (tertiary/aromatic N) is 1. The Balaban J connectivity index is 2.98. The molecule has 0 radical (unpaired) electrons. The van der Waals surface area contributed by atoms with E-state index in [1.165, 1.54) is 0 Å². The molecular formula is C13H20BrNO3. The molecule has 0 aliphatic carbocycles. The molecule has 5 heteroatoms. The van der Waals surface area contributed by atoms with Crippen molar-refractivity contribution in [2.75, 3.05) is 33.9 Å². The lowest BCUT2D eigenvalue weighted by molar-refractivity contribution is 0.195. The molecule has 1 N–H and O–H groups in total. The summed E-state index contributed by atoms with van der Waals surface area (Å²) >= 11 is 3.44. The maximum Gasteiger partial charge on any atom is 0.133 e. The average Bonchev–Trinajstić information content (AvgIpc) is 2.39. The summed E-state index contributed by atoms with van der Waals surface area (Å²) in [6.07, 6.45) is 0. The summed E-state index contributed by atoms with van der Waals surface area (Å²) in [4.78, 5) is 2.14. The Morgan fingerprint density at radius 1 is 1.22 bits per heavy atom. The maximum absolute atomic E-state index is 9.01. The SMILES string of the molecule is CCN(CCO)Cc1cc(OC)c(Br)cc1OC. The number of hydrogen-bond acceptors (Lipinski definition) is 4. The van der Waals surface area contributed by atoms with Crippen LogP contribution in [0.4, 0.5) is 0 Å². The molecule has 0 spiro atoms. The van der Waals surface area contributed by atoms with Crippen molar-refractivity contribution in [2.45, 2.75) is 13.5 Å². The van der Waals surface area contributed by atoms with E-state index in [2.05, 4.69) is 27.8 Å². The van der Waals surface area contributed by atoms with Gasteiger partial charge in [-0.2, -0.15) is 0 Å². The first-order valence-corrected chi connectivity index (χ1v) is 6.69. The van der Waals surface area contributed by atoms with Crippen molar-refractivity contribution in [1.29, 1.82) is 0 Å². The van der Waals surface area contributed by atoms with E-state index in [0.29, 0.717) is 6.54 Å². The number of aliphatic hydroxyl groups is 1. The number of aliphatic hydroxyl groups excluding tert-OH is 1. The van der Waals surface area contributed by atoms with Crippen molar-refractivity contribution in [2.24, 2.45) is 0 Å². The minimum absolute atomic E-state index is 0.157. The van der Waals surface area contributed by atoms with Crippen LogP contribution >= 0.6 is 15.9 Å². The van der Waals surface area contributed by atoms with Crippen LogP contribution in [0, 0.1) is 0 Å². The van der Waals surface area contributed by atoms with Gasteiger partial charge in [0.2, 0.25) is 0 Å². The van der Waals surface area contributed by atoms with E-state index in [4.69, 9.17) is 14.6 Å². The Kier molecular flexibility index (Phi) is 6.46. The van der Waals surface area contributed by atoms with Gasteiger partial charge in [0, 0.05) is 18.7 Å². The number of hydrogen-bond donors (Lipinski definition) is 1. The Bertz CT molecular complexity index is 385. The molecule has 0 saturated heterocycles. The quantitative estimate of drug-likeness (QED) is 0.837. The van der Waals surface area contributed by atoms with Crippen LogP contribution in [0.3, 0.4) is 0 Å². The van der Waals surface area contributed by atoms with Crippen LogP contribution in [0.2, 0.25) is 0 Å². The van der Waals surface area contributed by atoms with E-state index < -0.39 is 0 Å². The van der Waals surface area contributed by atoms with Crippen molar-refractivity contribution in [3.05, 3.63) is 22.2 Å². The van der Waals surface area contributed by atoms with Gasteiger partial charge in [0.1, 0.15) is 11.5 Å². The second-order valence-electron chi connectivity index (χ2n) is 3.89. The molecule has 1 rings (SSSR count). The van der Waals surface area contributed by atoms with E-state index in [9.17, 15) is 0 Å². The predicted octanol–water partition coefficient (Wildman–Crippen LogP) is 2.28. The standard InChI is InChI=1S/C13H20BrNO3/c1-4-15(5-6-16)9-10-7-13(18-3)11(14)8-12(10)17-2/h7-8,16H,4-6,9H2,1-3H3. The molecule has 0 saturated carbocycles. The largest absolute Gasteiger partial charge is 0.496 e. The molecular weight excluding hydrogens is 298 g/mol. The molecule has 0 fully saturated rings. The lowest BCUT2D eigenvalue weighted by Gasteiger charge is -2.21. The molecule has 0 bridgehead atoms. The molecule has 0 unspecified atom stereocenters. The zero-order valence-electron chi connectivity index (χ0n) is 11.1. The van der Waals surface area contributed by atoms with Gasteiger partial charge in [-0.05, 0) is 34.6 Å². The third kappa shape index (κ3) is 3.86. The summed E-state index contributed by atoms with van der Waals surface area (Å²) in [6.45, 7) is 4.48. The molecule has 0 heterocycles. The molecule has 1 aromatic rings. The molecule has 4 nitrogen and oxygen atoms in total. The fourth-order valence-corrected chi connectivity index (χ4v) is 2.26. The van der Waals surface area contributed by atoms with Crippen LogP contribution in [-0.4, -0.2) is 43.9 Å². The van der Waals surface area contributed by atoms with Crippen molar-refractivity contribution in [1.82, 2.24) is 4.90 Å². The first kappa shape index (κ1) is 15.3. The van der Waals surface area contributed by atoms with Crippen LogP contribution < -0.4 is 9.47 Å². The Morgan fingerprint density at radius 2 is 1.89 bits per heavy atom. The highest BCUT2D eigenvalue weighted by Gasteiger charge is 2.12. The first-order chi connectivity index (χ1) is 8.65. The molecule has 102 valence electrons. The van der Waals surface area contributed by atoms with E-state index >= 15 is 0 Å². The monoisotopic (exact) mass is 317 g/mol. The molecule has 0 aliphatic heterocycles. The predicted molar refractivity (Wildman–Crippen MR) is 75.3 cm³/mol. The molecule has 0 atom stereocenters. The Labute approximate surface area is 117 Å². The maximum atomic E-state index is 9.01. The minimum Gasteiger partial charge on any atom is -0.496 e. The summed E-state index contributed by atoms with van der Waals surface area (Å²) in [5.41, 5.74) is 1.05. The van der Waals surface area contributed by atoms with Gasteiger partial charge in [0.15, 0.2) is 0 Å². The van der Waals surface area contributed by atoms with Crippen LogP contribution in [0.15, 0.2) is 16.6 Å². The molecule has 0 aliphatic rings. The fourth-order valence-electron chi connectivity index (χ4n) is 1.78. The third-order valence-electron chi connectivity index (χ3n) is 2.81. The van der Waals surface area contributed by atoms with Crippen LogP contribution in [0.5, 0.6) is 11.5 Å². The summed E-state index contributed by atoms with van der Waals surface area (Å²) < 4.78 is 11.5. The number of halogens is 1. The second kappa shape index (κ2) is 7.61. The van der Waals surface area contributed by atoms with Gasteiger partial charge in [0.05, 0.1) is 25.3 Å². The van der Waals surface area contributed by atoms with Gasteiger partial charge >= 0.3 is 0 Å². The Hall–Kier alpha value is -0.780. The fraction of sp³-hybridized carbons (Fsp3) is 0.538. The van der Waals surface area contributed by atoms with Crippen LogP contribution in [0.25, 0.3) is 0 Å². The Morgan fingerprint density at radius 3 is 2.39 bits per heavy atom. The van der Waals surface area contributed by atoms with Crippen LogP contribution in [-0.2, 0) is 6.54 Å². The van der Waals surface area contributed by atoms with Crippen LogP contribution in [0.1, 0.15) is 12.5 Å².